The van der Waals surface area contributed by atoms with Gasteiger partial charge in [-0.1, -0.05) is 115 Å². The van der Waals surface area contributed by atoms with E-state index in [2.05, 4.69) is 150 Å². The Morgan fingerprint density at radius 1 is 0.357 bits per heavy atom. The van der Waals surface area contributed by atoms with Crippen LogP contribution in [0, 0.1) is 0 Å². The van der Waals surface area contributed by atoms with E-state index in [4.69, 9.17) is 0 Å². The minimum absolute atomic E-state index is 1.18. The van der Waals surface area contributed by atoms with Crippen molar-refractivity contribution in [2.24, 2.45) is 0 Å². The molecule has 0 saturated heterocycles. The fourth-order valence-corrected chi connectivity index (χ4v) is 7.77. The summed E-state index contributed by atoms with van der Waals surface area (Å²) in [5.74, 6) is 0. The smallest absolute Gasteiger partial charge is 0.152 e. The van der Waals surface area contributed by atoms with Gasteiger partial charge in [-0.15, -0.1) is 0 Å². The molecule has 1 aliphatic rings. The lowest BCUT2D eigenvalue weighted by Crippen LogP contribution is -2.34. The number of hydrogen-bond donors (Lipinski definition) is 0. The Morgan fingerprint density at radius 3 is 1.69 bits per heavy atom. The molecule has 42 heavy (non-hydrogen) atoms. The first-order chi connectivity index (χ1) is 20.9. The molecule has 0 bridgehead atoms. The number of fused-ring (bicyclic) bond motifs is 6. The lowest BCUT2D eigenvalue weighted by atomic mass is 9.87. The normalized spacial score (nSPS) is 12.3. The van der Waals surface area contributed by atoms with Gasteiger partial charge in [-0.05, 0) is 61.0 Å². The van der Waals surface area contributed by atoms with Crippen LogP contribution < -0.4 is 4.57 Å². The van der Waals surface area contributed by atoms with Gasteiger partial charge in [-0.2, -0.15) is 4.57 Å². The summed E-state index contributed by atoms with van der Waals surface area (Å²) in [5, 5.41) is 12.0. The van der Waals surface area contributed by atoms with Crippen molar-refractivity contribution in [3.05, 3.63) is 146 Å². The SMILES string of the molecule is c1ccc(-c2c3c([n+](-c4ccccc4)c4ccccc24)-c2ccc4c5cccc6cccc(c7ccc-3c2c74)c65)cc1. The van der Waals surface area contributed by atoms with Gasteiger partial charge in [-0.25, -0.2) is 0 Å². The molecule has 0 atom stereocenters. The van der Waals surface area contributed by atoms with Gasteiger partial charge in [0.2, 0.25) is 16.9 Å². The Morgan fingerprint density at radius 2 is 0.952 bits per heavy atom. The molecule has 9 aromatic rings. The average Bonchev–Trinajstić information content (AvgIpc) is 3.39. The molecule has 1 heteroatoms. The zero-order valence-electron chi connectivity index (χ0n) is 22.8. The van der Waals surface area contributed by atoms with E-state index >= 15 is 0 Å². The maximum atomic E-state index is 2.49. The fourth-order valence-electron chi connectivity index (χ4n) is 7.77. The molecule has 0 aliphatic heterocycles. The Labute approximate surface area is 242 Å². The molecule has 192 valence electrons. The van der Waals surface area contributed by atoms with Gasteiger partial charge in [0.25, 0.3) is 0 Å². The molecule has 0 spiro atoms. The van der Waals surface area contributed by atoms with E-state index in [9.17, 15) is 0 Å². The summed E-state index contributed by atoms with van der Waals surface area (Å²) in [6.07, 6.45) is 0. The van der Waals surface area contributed by atoms with Crippen molar-refractivity contribution in [3.8, 4) is 39.2 Å². The fraction of sp³-hybridized carbons (Fsp3) is 0. The molecule has 8 aromatic carbocycles. The number of nitrogens with zero attached hydrogens (tertiary/aromatic N) is 1. The molecule has 0 unspecified atom stereocenters. The summed E-state index contributed by atoms with van der Waals surface area (Å²) in [7, 11) is 0. The van der Waals surface area contributed by atoms with Crippen LogP contribution in [0.1, 0.15) is 0 Å². The summed E-state index contributed by atoms with van der Waals surface area (Å²) in [6, 6.07) is 53.7. The molecular weight excluding hydrogens is 506 g/mol. The summed E-state index contributed by atoms with van der Waals surface area (Å²) in [4.78, 5) is 0. The Bertz CT molecular complexity index is 2370. The van der Waals surface area contributed by atoms with Gasteiger partial charge >= 0.3 is 0 Å². The molecule has 1 aliphatic carbocycles. The predicted octanol–water partition coefficient (Wildman–Crippen LogP) is 10.5. The zero-order chi connectivity index (χ0) is 27.4. The summed E-state index contributed by atoms with van der Waals surface area (Å²) in [6.45, 7) is 0. The second-order valence-corrected chi connectivity index (χ2v) is 11.4. The van der Waals surface area contributed by atoms with Crippen molar-refractivity contribution in [2.45, 2.75) is 0 Å². The molecule has 0 fully saturated rings. The van der Waals surface area contributed by atoms with Gasteiger partial charge in [0.05, 0.1) is 16.5 Å². The maximum Gasteiger partial charge on any atom is 0.228 e. The van der Waals surface area contributed by atoms with Crippen LogP contribution in [0.2, 0.25) is 0 Å². The highest BCUT2D eigenvalue weighted by atomic mass is 15.0. The van der Waals surface area contributed by atoms with Gasteiger partial charge in [0.15, 0.2) is 0 Å². The third-order valence-electron chi connectivity index (χ3n) is 9.37. The van der Waals surface area contributed by atoms with Gasteiger partial charge in [0.1, 0.15) is 0 Å². The largest absolute Gasteiger partial charge is 0.228 e. The number of pyridine rings is 1. The first-order valence-corrected chi connectivity index (χ1v) is 14.6. The monoisotopic (exact) mass is 530 g/mol. The third kappa shape index (κ3) is 2.71. The number of hydrogen-bond acceptors (Lipinski definition) is 0. The Hall–Kier alpha value is -5.53. The highest BCUT2D eigenvalue weighted by Gasteiger charge is 2.37. The van der Waals surface area contributed by atoms with Gasteiger partial charge in [0, 0.05) is 29.1 Å². The van der Waals surface area contributed by atoms with Crippen molar-refractivity contribution in [1.82, 2.24) is 0 Å². The molecule has 10 rings (SSSR count). The van der Waals surface area contributed by atoms with Gasteiger partial charge in [-0.3, -0.25) is 0 Å². The topological polar surface area (TPSA) is 3.88 Å². The van der Waals surface area contributed by atoms with E-state index in [0.29, 0.717) is 0 Å². The summed E-state index contributed by atoms with van der Waals surface area (Å²) in [5.41, 5.74) is 10.2. The average molecular weight is 531 g/mol. The number of aromatic nitrogens is 1. The quantitative estimate of drug-likeness (QED) is 0.119. The van der Waals surface area contributed by atoms with Crippen molar-refractivity contribution >= 4 is 54.0 Å². The van der Waals surface area contributed by atoms with Crippen LogP contribution in [0.15, 0.2) is 146 Å². The Kier molecular flexibility index (Phi) is 4.24. The van der Waals surface area contributed by atoms with E-state index < -0.39 is 0 Å². The van der Waals surface area contributed by atoms with Crippen molar-refractivity contribution in [3.63, 3.8) is 0 Å². The molecule has 1 heterocycles. The molecular formula is C41H24N+. The Balaban J connectivity index is 1.48. The minimum Gasteiger partial charge on any atom is -0.152 e. The number of benzene rings is 8. The van der Waals surface area contributed by atoms with E-state index in [0.717, 1.165) is 0 Å². The number of rotatable bonds is 2. The van der Waals surface area contributed by atoms with Crippen LogP contribution in [0.3, 0.4) is 0 Å². The molecule has 1 aromatic heterocycles. The van der Waals surface area contributed by atoms with Crippen molar-refractivity contribution in [2.75, 3.05) is 0 Å². The van der Waals surface area contributed by atoms with Crippen LogP contribution in [0.5, 0.6) is 0 Å². The van der Waals surface area contributed by atoms with Crippen LogP contribution >= 0.6 is 0 Å². The second-order valence-electron chi connectivity index (χ2n) is 11.4. The molecule has 1 nitrogen and oxygen atoms in total. The third-order valence-corrected chi connectivity index (χ3v) is 9.37. The molecule has 0 saturated carbocycles. The van der Waals surface area contributed by atoms with E-state index in [1.54, 1.807) is 0 Å². The first-order valence-electron chi connectivity index (χ1n) is 14.6. The minimum atomic E-state index is 1.18. The molecule has 0 N–H and O–H groups in total. The first kappa shape index (κ1) is 22.2. The summed E-state index contributed by atoms with van der Waals surface area (Å²) < 4.78 is 2.49. The van der Waals surface area contributed by atoms with Crippen LogP contribution in [-0.4, -0.2) is 0 Å². The van der Waals surface area contributed by atoms with Crippen LogP contribution in [0.4, 0.5) is 0 Å². The highest BCUT2D eigenvalue weighted by Crippen LogP contribution is 2.55. The van der Waals surface area contributed by atoms with E-state index in [1.807, 2.05) is 0 Å². The van der Waals surface area contributed by atoms with E-state index in [1.165, 1.54) is 93.2 Å². The van der Waals surface area contributed by atoms with Crippen LogP contribution in [0.25, 0.3) is 93.2 Å². The van der Waals surface area contributed by atoms with Crippen LogP contribution in [-0.2, 0) is 0 Å². The van der Waals surface area contributed by atoms with E-state index in [-0.39, 0.29) is 0 Å². The standard InChI is InChI=1S/C41H24N/c1-3-11-26(12-4-1)37-32-17-7-8-20-35(32)42(27-15-5-2-6-16-27)41-34-24-22-31-29-19-10-14-25-13-9-18-28(36(25)29)30-21-23-33(40(37)41)39(34)38(30)31/h1-24H/q+1. The molecule has 0 amide bonds. The van der Waals surface area contributed by atoms with Crippen molar-refractivity contribution in [1.29, 1.82) is 0 Å². The summed E-state index contributed by atoms with van der Waals surface area (Å²) >= 11 is 0. The zero-order valence-corrected chi connectivity index (χ0v) is 22.8. The lowest BCUT2D eigenvalue weighted by molar-refractivity contribution is -0.554. The van der Waals surface area contributed by atoms with Crippen molar-refractivity contribution < 1.29 is 4.57 Å². The van der Waals surface area contributed by atoms with Gasteiger partial charge < -0.3 is 0 Å². The molecule has 0 radical (unpaired) electrons. The highest BCUT2D eigenvalue weighted by molar-refractivity contribution is 6.37. The maximum absolute atomic E-state index is 2.49. The second kappa shape index (κ2) is 8.02. The lowest BCUT2D eigenvalue weighted by Gasteiger charge is -2.15. The number of para-hydroxylation sites is 2. The predicted molar refractivity (Wildman–Crippen MR) is 177 cm³/mol.